The topological polar surface area (TPSA) is 209 Å². The van der Waals surface area contributed by atoms with Gasteiger partial charge in [0.05, 0.1) is 11.4 Å². The van der Waals surface area contributed by atoms with E-state index >= 15 is 0 Å². The standard InChI is InChI=1S/C24H20N4O2.K.2H2O.2O.V/c1-17-21(24(30)28(27-17)20-15-9-4-10-16-20)22(18-11-5-2-6-12-18)25-26-23(29)19-13-7-3-8-14-19;;;;;;/h2-16,30H,1H3,(H,26,29);;2*1H2;;;/q;+1;;;2*-2;/p-2/b25-22+;;;;;;. The fourth-order valence-corrected chi connectivity index (χ4v) is 3.10. The maximum atomic E-state index is 13.2. The summed E-state index contributed by atoms with van der Waals surface area (Å²) in [4.78, 5) is 0. The zero-order valence-electron chi connectivity index (χ0n) is 19.5. The van der Waals surface area contributed by atoms with Crippen molar-refractivity contribution in [2.24, 2.45) is 10.2 Å². The summed E-state index contributed by atoms with van der Waals surface area (Å²) < 4.78 is 1.34. The molecule has 1 radical (unpaired) electrons. The van der Waals surface area contributed by atoms with E-state index in [1.54, 1.807) is 43.3 Å². The number of aromatic nitrogens is 2. The van der Waals surface area contributed by atoms with Crippen molar-refractivity contribution in [3.8, 4) is 11.6 Å². The fraction of sp³-hybridized carbons (Fsp3) is 0.0417. The van der Waals surface area contributed by atoms with Crippen LogP contribution >= 0.6 is 0 Å². The van der Waals surface area contributed by atoms with Crippen LogP contribution in [0.25, 0.3) is 5.69 Å². The predicted molar refractivity (Wildman–Crippen MR) is 121 cm³/mol. The monoisotopic (exact) mass is 552 g/mol. The maximum absolute atomic E-state index is 13.2. The minimum Gasteiger partial charge on any atom is -2.00 e. The van der Waals surface area contributed by atoms with Crippen LogP contribution in [0, 0.1) is 6.92 Å². The van der Waals surface area contributed by atoms with Crippen LogP contribution in [-0.2, 0) is 29.5 Å². The van der Waals surface area contributed by atoms with Crippen LogP contribution in [0.4, 0.5) is 0 Å². The first-order valence-corrected chi connectivity index (χ1v) is 9.41. The SMILES string of the molecule is Cc1nn(-c2ccccc2)c([O-])c1/C(=N/N=C(\[O-])c1ccccc1)c1ccccc1.O.O.[K+].[O-2].[O-2].[V]. The Labute approximate surface area is 263 Å². The molecule has 185 valence electrons. The first-order valence-electron chi connectivity index (χ1n) is 9.41. The molecule has 0 aliphatic heterocycles. The summed E-state index contributed by atoms with van der Waals surface area (Å²) in [5.41, 5.74) is 2.89. The average Bonchev–Trinajstić information content (AvgIpc) is 3.10. The summed E-state index contributed by atoms with van der Waals surface area (Å²) in [7, 11) is 0. The van der Waals surface area contributed by atoms with Crippen molar-refractivity contribution in [3.63, 3.8) is 0 Å². The van der Waals surface area contributed by atoms with Gasteiger partial charge in [0, 0.05) is 41.5 Å². The largest absolute Gasteiger partial charge is 2.00 e. The summed E-state index contributed by atoms with van der Waals surface area (Å²) in [5.74, 6) is -0.798. The summed E-state index contributed by atoms with van der Waals surface area (Å²) in [6.07, 6.45) is 0. The van der Waals surface area contributed by atoms with Crippen LogP contribution in [0.15, 0.2) is 101 Å². The minimum absolute atomic E-state index is 0. The molecule has 0 atom stereocenters. The molecule has 36 heavy (non-hydrogen) atoms. The first-order chi connectivity index (χ1) is 14.6. The Morgan fingerprint density at radius 3 is 1.69 bits per heavy atom. The van der Waals surface area contributed by atoms with Crippen molar-refractivity contribution < 1.29 is 102 Å². The van der Waals surface area contributed by atoms with Gasteiger partial charge in [-0.05, 0) is 24.6 Å². The number of nitrogens with zero attached hydrogens (tertiary/aromatic N) is 4. The number of aryl methyl sites for hydroxylation is 1. The normalized spacial score (nSPS) is 10.1. The van der Waals surface area contributed by atoms with Crippen molar-refractivity contribution in [1.29, 1.82) is 0 Å². The molecular formula is C24H22KN4O6V-5. The molecular weight excluding hydrogens is 530 g/mol. The molecule has 0 fully saturated rings. The molecule has 1 heterocycles. The van der Waals surface area contributed by atoms with Gasteiger partial charge in [-0.3, -0.25) is 0 Å². The van der Waals surface area contributed by atoms with E-state index in [0.717, 1.165) is 0 Å². The molecule has 0 amide bonds. The van der Waals surface area contributed by atoms with Crippen molar-refractivity contribution in [1.82, 2.24) is 9.78 Å². The molecule has 12 heteroatoms. The van der Waals surface area contributed by atoms with Crippen LogP contribution in [0.5, 0.6) is 5.88 Å². The Bertz CT molecular complexity index is 1220. The van der Waals surface area contributed by atoms with Gasteiger partial charge in [0.2, 0.25) is 0 Å². The van der Waals surface area contributed by atoms with Crippen molar-refractivity contribution in [3.05, 3.63) is 113 Å². The smallest absolute Gasteiger partial charge is 1.00 e. The van der Waals surface area contributed by atoms with E-state index in [-0.39, 0.29) is 97.7 Å². The quantitative estimate of drug-likeness (QED) is 0.118. The molecule has 0 aliphatic rings. The molecule has 1 aromatic heterocycles. The van der Waals surface area contributed by atoms with Gasteiger partial charge in [-0.15, -0.1) is 0 Å². The zero-order chi connectivity index (χ0) is 20.9. The van der Waals surface area contributed by atoms with E-state index in [1.165, 1.54) is 4.68 Å². The Hall–Kier alpha value is -2.13. The van der Waals surface area contributed by atoms with Gasteiger partial charge in [0.1, 0.15) is 5.71 Å². The van der Waals surface area contributed by atoms with E-state index in [4.69, 9.17) is 0 Å². The molecule has 4 N–H and O–H groups in total. The molecule has 10 nitrogen and oxygen atoms in total. The molecule has 4 rings (SSSR count). The molecule has 0 bridgehead atoms. The van der Waals surface area contributed by atoms with Crippen LogP contribution in [0.3, 0.4) is 0 Å². The third-order valence-corrected chi connectivity index (χ3v) is 4.56. The number of hydrogen-bond acceptors (Lipinski definition) is 5. The second-order valence-corrected chi connectivity index (χ2v) is 6.60. The van der Waals surface area contributed by atoms with E-state index in [0.29, 0.717) is 33.8 Å². The first kappa shape index (κ1) is 38.4. The third kappa shape index (κ3) is 8.76. The number of benzene rings is 3. The van der Waals surface area contributed by atoms with Gasteiger partial charge in [-0.1, -0.05) is 78.9 Å². The van der Waals surface area contributed by atoms with Crippen molar-refractivity contribution in [2.45, 2.75) is 6.92 Å². The predicted octanol–water partition coefficient (Wildman–Crippen LogP) is -2.07. The Balaban J connectivity index is -0.00000181. The van der Waals surface area contributed by atoms with Crippen LogP contribution in [0.1, 0.15) is 22.4 Å². The van der Waals surface area contributed by atoms with E-state index in [1.807, 2.05) is 54.6 Å². The molecule has 3 aromatic carbocycles. The zero-order valence-corrected chi connectivity index (χ0v) is 24.0. The van der Waals surface area contributed by atoms with E-state index in [2.05, 4.69) is 15.3 Å². The minimum atomic E-state index is -0.482. The summed E-state index contributed by atoms with van der Waals surface area (Å²) >= 11 is 0. The van der Waals surface area contributed by atoms with Crippen LogP contribution in [0.2, 0.25) is 0 Å². The molecule has 0 unspecified atom stereocenters. The van der Waals surface area contributed by atoms with E-state index in [9.17, 15) is 10.2 Å². The van der Waals surface area contributed by atoms with E-state index < -0.39 is 5.90 Å². The molecule has 0 aliphatic carbocycles. The van der Waals surface area contributed by atoms with Crippen LogP contribution in [-0.4, -0.2) is 32.3 Å². The molecule has 0 spiro atoms. The Morgan fingerprint density at radius 2 is 1.19 bits per heavy atom. The number of hydrogen-bond donors (Lipinski definition) is 0. The van der Waals surface area contributed by atoms with Gasteiger partial charge in [0.25, 0.3) is 0 Å². The molecule has 4 aromatic rings. The number of para-hydroxylation sites is 1. The average molecular weight is 553 g/mol. The van der Waals surface area contributed by atoms with Gasteiger partial charge in [-0.2, -0.15) is 15.3 Å². The fourth-order valence-electron chi connectivity index (χ4n) is 3.10. The second kappa shape index (κ2) is 18.2. The maximum Gasteiger partial charge on any atom is 1.00 e. The van der Waals surface area contributed by atoms with Crippen molar-refractivity contribution in [2.75, 3.05) is 0 Å². The third-order valence-electron chi connectivity index (χ3n) is 4.56. The van der Waals surface area contributed by atoms with Gasteiger partial charge >= 0.3 is 51.4 Å². The van der Waals surface area contributed by atoms with Gasteiger partial charge < -0.3 is 32.1 Å². The van der Waals surface area contributed by atoms with Gasteiger partial charge in [-0.25, -0.2) is 4.68 Å². The summed E-state index contributed by atoms with van der Waals surface area (Å²) in [5, 5.41) is 38.1. The molecule has 0 saturated heterocycles. The number of rotatable bonds is 5. The second-order valence-electron chi connectivity index (χ2n) is 6.60. The Kier molecular flexibility index (Phi) is 19.4. The van der Waals surface area contributed by atoms with Gasteiger partial charge in [0.15, 0.2) is 0 Å². The van der Waals surface area contributed by atoms with Crippen LogP contribution < -0.4 is 61.6 Å². The Morgan fingerprint density at radius 1 is 0.750 bits per heavy atom. The molecule has 0 saturated carbocycles. The van der Waals surface area contributed by atoms with Crippen molar-refractivity contribution >= 4 is 11.6 Å². The summed E-state index contributed by atoms with van der Waals surface area (Å²) in [6.45, 7) is 1.74. The summed E-state index contributed by atoms with van der Waals surface area (Å²) in [6, 6.07) is 27.0.